The van der Waals surface area contributed by atoms with Gasteiger partial charge in [0.25, 0.3) is 0 Å². The number of nitrogens with zero attached hydrogens (tertiary/aromatic N) is 1. The maximum absolute atomic E-state index is 6.19. The normalized spacial score (nSPS) is 23.1. The monoisotopic (exact) mass is 312 g/mol. The van der Waals surface area contributed by atoms with E-state index in [0.717, 1.165) is 10.2 Å². The van der Waals surface area contributed by atoms with Crippen LogP contribution in [0.25, 0.3) is 0 Å². The third-order valence-electron chi connectivity index (χ3n) is 3.70. The van der Waals surface area contributed by atoms with E-state index in [1.165, 1.54) is 0 Å². The first kappa shape index (κ1) is 14.0. The highest BCUT2D eigenvalue weighted by atomic mass is 79.9. The van der Waals surface area contributed by atoms with E-state index in [-0.39, 0.29) is 17.1 Å². The average molecular weight is 313 g/mol. The zero-order valence-corrected chi connectivity index (χ0v) is 12.7. The molecule has 4 nitrogen and oxygen atoms in total. The number of halogens is 1. The van der Waals surface area contributed by atoms with Crippen molar-refractivity contribution in [3.8, 4) is 0 Å². The molecule has 2 rings (SSSR count). The predicted molar refractivity (Wildman–Crippen MR) is 74.9 cm³/mol. The van der Waals surface area contributed by atoms with Crippen molar-refractivity contribution in [2.24, 2.45) is 5.73 Å². The van der Waals surface area contributed by atoms with Crippen molar-refractivity contribution in [1.82, 2.24) is 4.98 Å². The van der Waals surface area contributed by atoms with Gasteiger partial charge in [-0.3, -0.25) is 0 Å². The van der Waals surface area contributed by atoms with Gasteiger partial charge in [-0.1, -0.05) is 6.07 Å². The van der Waals surface area contributed by atoms with Crippen LogP contribution < -0.4 is 5.73 Å². The molecular formula is C12H18BBrN2O2. The Morgan fingerprint density at radius 1 is 1.22 bits per heavy atom. The lowest BCUT2D eigenvalue weighted by Crippen LogP contribution is -2.41. The molecule has 98 valence electrons. The number of hydrogen-bond donors (Lipinski definition) is 1. The lowest BCUT2D eigenvalue weighted by atomic mass is 9.75. The maximum atomic E-state index is 6.19. The van der Waals surface area contributed by atoms with E-state index in [4.69, 9.17) is 15.0 Å². The summed E-state index contributed by atoms with van der Waals surface area (Å²) in [6, 6.07) is 3.78. The molecule has 1 fully saturated rings. The summed E-state index contributed by atoms with van der Waals surface area (Å²) < 4.78 is 12.6. The number of pyridine rings is 1. The molecule has 1 aliphatic heterocycles. The van der Waals surface area contributed by atoms with E-state index in [2.05, 4.69) is 20.9 Å². The van der Waals surface area contributed by atoms with E-state index in [1.54, 1.807) is 6.20 Å². The van der Waals surface area contributed by atoms with Gasteiger partial charge < -0.3 is 15.0 Å². The van der Waals surface area contributed by atoms with Gasteiger partial charge in [0.15, 0.2) is 0 Å². The molecular weight excluding hydrogens is 295 g/mol. The lowest BCUT2D eigenvalue weighted by molar-refractivity contribution is 0.00578. The molecule has 1 saturated heterocycles. The fourth-order valence-electron chi connectivity index (χ4n) is 1.78. The molecule has 1 atom stereocenters. The van der Waals surface area contributed by atoms with Crippen molar-refractivity contribution in [3.63, 3.8) is 0 Å². The summed E-state index contributed by atoms with van der Waals surface area (Å²) in [7, 11) is -0.446. The third kappa shape index (κ3) is 2.47. The number of nitrogens with two attached hydrogens (primary N) is 1. The van der Waals surface area contributed by atoms with E-state index in [9.17, 15) is 0 Å². The third-order valence-corrected chi connectivity index (χ3v) is 4.17. The van der Waals surface area contributed by atoms with Gasteiger partial charge in [-0.05, 0) is 55.3 Å². The Kier molecular flexibility index (Phi) is 3.57. The molecule has 0 bridgehead atoms. The van der Waals surface area contributed by atoms with Crippen LogP contribution in [0.1, 0.15) is 39.2 Å². The smallest absolute Gasteiger partial charge is 0.402 e. The van der Waals surface area contributed by atoms with Crippen molar-refractivity contribution in [2.75, 3.05) is 0 Å². The van der Waals surface area contributed by atoms with Crippen molar-refractivity contribution in [1.29, 1.82) is 0 Å². The van der Waals surface area contributed by atoms with E-state index >= 15 is 0 Å². The van der Waals surface area contributed by atoms with Crippen molar-refractivity contribution >= 4 is 23.0 Å². The molecule has 1 aliphatic rings. The summed E-state index contributed by atoms with van der Waals surface area (Å²) in [6.07, 6.45) is 1.74. The molecule has 18 heavy (non-hydrogen) atoms. The van der Waals surface area contributed by atoms with E-state index < -0.39 is 7.12 Å². The zero-order chi connectivity index (χ0) is 13.6. The van der Waals surface area contributed by atoms with Gasteiger partial charge >= 0.3 is 7.12 Å². The van der Waals surface area contributed by atoms with Crippen molar-refractivity contribution in [2.45, 2.75) is 44.8 Å². The lowest BCUT2D eigenvalue weighted by Gasteiger charge is -2.32. The Morgan fingerprint density at radius 2 is 1.78 bits per heavy atom. The summed E-state index contributed by atoms with van der Waals surface area (Å²) in [6.45, 7) is 8.05. The van der Waals surface area contributed by atoms with Gasteiger partial charge in [0.05, 0.1) is 17.1 Å². The summed E-state index contributed by atoms with van der Waals surface area (Å²) in [5, 5.41) is 0. The van der Waals surface area contributed by atoms with E-state index in [1.807, 2.05) is 39.8 Å². The number of rotatable bonds is 2. The Labute approximate surface area is 117 Å². The molecule has 2 N–H and O–H groups in total. The van der Waals surface area contributed by atoms with Crippen molar-refractivity contribution in [3.05, 3.63) is 28.5 Å². The molecule has 0 spiro atoms. The Morgan fingerprint density at radius 3 is 2.22 bits per heavy atom. The van der Waals surface area contributed by atoms with Crippen LogP contribution in [0.2, 0.25) is 0 Å². The first-order chi connectivity index (χ1) is 8.23. The highest BCUT2D eigenvalue weighted by molar-refractivity contribution is 9.10. The van der Waals surface area contributed by atoms with E-state index in [0.29, 0.717) is 0 Å². The second-order valence-electron chi connectivity index (χ2n) is 5.56. The van der Waals surface area contributed by atoms with Gasteiger partial charge in [-0.15, -0.1) is 0 Å². The molecule has 0 aromatic carbocycles. The Balaban J connectivity index is 2.17. The summed E-state index contributed by atoms with van der Waals surface area (Å²) in [5.41, 5.74) is 6.36. The summed E-state index contributed by atoms with van der Waals surface area (Å²) in [5.74, 6) is -0.341. The standard InChI is InChI=1S/C12H18BBrN2O2/c1-11(2)12(3,4)18-13(17-11)10(15)8-5-6-9(14)16-7-8/h5-7,10H,15H2,1-4H3/t10-/m1/s1. The largest absolute Gasteiger partial charge is 0.480 e. The Hall–Kier alpha value is -0.425. The SMILES string of the molecule is CC1(C)OB([C@H](N)c2ccc(Br)nc2)OC1(C)C. The number of hydrogen-bond acceptors (Lipinski definition) is 4. The molecule has 2 heterocycles. The molecule has 1 aromatic heterocycles. The molecule has 0 aliphatic carbocycles. The predicted octanol–water partition coefficient (Wildman–Crippen LogP) is 2.48. The first-order valence-corrected chi connectivity index (χ1v) is 6.75. The first-order valence-electron chi connectivity index (χ1n) is 5.96. The van der Waals surface area contributed by atoms with Gasteiger partial charge in [0.2, 0.25) is 0 Å². The minimum absolute atomic E-state index is 0.341. The summed E-state index contributed by atoms with van der Waals surface area (Å²) in [4.78, 5) is 4.17. The van der Waals surface area contributed by atoms with Crippen molar-refractivity contribution < 1.29 is 9.31 Å². The van der Waals surface area contributed by atoms with Gasteiger partial charge in [-0.25, -0.2) is 4.98 Å². The second kappa shape index (κ2) is 4.60. The fourth-order valence-corrected chi connectivity index (χ4v) is 2.01. The average Bonchev–Trinajstić information content (AvgIpc) is 2.48. The van der Waals surface area contributed by atoms with Gasteiger partial charge in [0.1, 0.15) is 4.60 Å². The molecule has 0 radical (unpaired) electrons. The van der Waals surface area contributed by atoms with Gasteiger partial charge in [-0.2, -0.15) is 0 Å². The van der Waals surface area contributed by atoms with Crippen LogP contribution in [0.5, 0.6) is 0 Å². The zero-order valence-electron chi connectivity index (χ0n) is 11.1. The quantitative estimate of drug-likeness (QED) is 0.673. The van der Waals surface area contributed by atoms with Crippen LogP contribution in [0.15, 0.2) is 22.9 Å². The molecule has 6 heteroatoms. The molecule has 0 amide bonds. The van der Waals surface area contributed by atoms with Gasteiger partial charge in [0, 0.05) is 6.20 Å². The maximum Gasteiger partial charge on any atom is 0.480 e. The second-order valence-corrected chi connectivity index (χ2v) is 6.38. The minimum atomic E-state index is -0.446. The fraction of sp³-hybridized carbons (Fsp3) is 0.583. The van der Waals surface area contributed by atoms with Crippen LogP contribution in [-0.2, 0) is 9.31 Å². The highest BCUT2D eigenvalue weighted by Gasteiger charge is 2.53. The molecule has 0 saturated carbocycles. The molecule has 1 aromatic rings. The minimum Gasteiger partial charge on any atom is -0.402 e. The van der Waals surface area contributed by atoms with Crippen LogP contribution >= 0.6 is 15.9 Å². The van der Waals surface area contributed by atoms with Crippen LogP contribution in [0.3, 0.4) is 0 Å². The Bertz CT molecular complexity index is 420. The van der Waals surface area contributed by atoms with Crippen LogP contribution in [0.4, 0.5) is 0 Å². The van der Waals surface area contributed by atoms with Crippen LogP contribution in [0, 0.1) is 0 Å². The molecule has 0 unspecified atom stereocenters. The topological polar surface area (TPSA) is 57.4 Å². The summed E-state index contributed by atoms with van der Waals surface area (Å²) >= 11 is 3.30. The highest BCUT2D eigenvalue weighted by Crippen LogP contribution is 2.39. The number of aromatic nitrogens is 1. The van der Waals surface area contributed by atoms with Crippen LogP contribution in [-0.4, -0.2) is 23.3 Å².